The Morgan fingerprint density at radius 1 is 1.10 bits per heavy atom. The Bertz CT molecular complexity index is 351. The molecule has 2 rings (SSSR count). The molecule has 0 aromatic carbocycles. The molecule has 1 heterocycles. The van der Waals surface area contributed by atoms with Crippen LogP contribution >= 0.6 is 0 Å². The fourth-order valence-electron chi connectivity index (χ4n) is 4.18. The van der Waals surface area contributed by atoms with Crippen LogP contribution in [0.15, 0.2) is 0 Å². The highest BCUT2D eigenvalue weighted by atomic mass is 16.4. The van der Waals surface area contributed by atoms with Gasteiger partial charge in [-0.05, 0) is 37.5 Å². The lowest BCUT2D eigenvalue weighted by atomic mass is 9.73. The van der Waals surface area contributed by atoms with Gasteiger partial charge in [0, 0.05) is 32.2 Å². The van der Waals surface area contributed by atoms with Gasteiger partial charge in [0.15, 0.2) is 0 Å². The quantitative estimate of drug-likeness (QED) is 0.866. The summed E-state index contributed by atoms with van der Waals surface area (Å²) < 4.78 is 0. The number of aliphatic carboxylic acids is 1. The monoisotopic (exact) mass is 296 g/mol. The fraction of sp³-hybridized carbons (Fsp3) is 0.941. The number of carbonyl (C=O) groups is 1. The van der Waals surface area contributed by atoms with E-state index in [-0.39, 0.29) is 6.04 Å². The van der Waals surface area contributed by atoms with Gasteiger partial charge >= 0.3 is 5.97 Å². The Kier molecular flexibility index (Phi) is 5.67. The van der Waals surface area contributed by atoms with Gasteiger partial charge in [0.1, 0.15) is 6.04 Å². The molecule has 21 heavy (non-hydrogen) atoms. The van der Waals surface area contributed by atoms with Crippen LogP contribution in [-0.4, -0.2) is 59.1 Å². The van der Waals surface area contributed by atoms with Crippen molar-refractivity contribution in [2.75, 3.05) is 26.2 Å². The number of hydrogen-bond acceptors (Lipinski definition) is 3. The normalized spacial score (nSPS) is 34.0. The van der Waals surface area contributed by atoms with Gasteiger partial charge in [-0.2, -0.15) is 0 Å². The molecular formula is C17H32N2O2. The zero-order valence-electron chi connectivity index (χ0n) is 14.1. The number of carboxylic acids is 1. The second kappa shape index (κ2) is 7.10. The van der Waals surface area contributed by atoms with Crippen molar-refractivity contribution in [2.24, 2.45) is 17.8 Å². The van der Waals surface area contributed by atoms with E-state index in [1.54, 1.807) is 6.92 Å². The molecule has 1 N–H and O–H groups in total. The molecule has 0 aromatic heterocycles. The van der Waals surface area contributed by atoms with E-state index in [2.05, 4.69) is 30.6 Å². The molecule has 0 amide bonds. The minimum atomic E-state index is -0.699. The summed E-state index contributed by atoms with van der Waals surface area (Å²) in [6, 6.07) is 0.356. The zero-order chi connectivity index (χ0) is 15.6. The first-order valence-electron chi connectivity index (χ1n) is 8.61. The van der Waals surface area contributed by atoms with Gasteiger partial charge in [-0.3, -0.25) is 14.6 Å². The van der Waals surface area contributed by atoms with Crippen LogP contribution in [0.25, 0.3) is 0 Å². The molecule has 4 atom stereocenters. The molecule has 4 heteroatoms. The van der Waals surface area contributed by atoms with E-state index in [0.717, 1.165) is 43.9 Å². The van der Waals surface area contributed by atoms with Gasteiger partial charge < -0.3 is 5.11 Å². The first-order chi connectivity index (χ1) is 9.90. The van der Waals surface area contributed by atoms with Crippen molar-refractivity contribution in [3.8, 4) is 0 Å². The third-order valence-electron chi connectivity index (χ3n) is 5.71. The SMILES string of the molecule is CC1CCC(C(C)C)C(N2CCN(C(C)C(=O)O)CC2)C1. The number of carboxylic acid groups (broad SMARTS) is 1. The molecule has 122 valence electrons. The Morgan fingerprint density at radius 3 is 2.24 bits per heavy atom. The summed E-state index contributed by atoms with van der Waals surface area (Å²) in [6.07, 6.45) is 4.04. The second-order valence-corrected chi connectivity index (χ2v) is 7.48. The average Bonchev–Trinajstić information content (AvgIpc) is 2.46. The molecule has 0 spiro atoms. The molecule has 1 aliphatic heterocycles. The highest BCUT2D eigenvalue weighted by Crippen LogP contribution is 2.36. The number of nitrogens with zero attached hydrogens (tertiary/aromatic N) is 2. The van der Waals surface area contributed by atoms with Crippen molar-refractivity contribution in [1.29, 1.82) is 0 Å². The van der Waals surface area contributed by atoms with Gasteiger partial charge in [-0.1, -0.05) is 27.2 Å². The molecular weight excluding hydrogens is 264 g/mol. The topological polar surface area (TPSA) is 43.8 Å². The van der Waals surface area contributed by atoms with E-state index in [9.17, 15) is 4.79 Å². The predicted octanol–water partition coefficient (Wildman–Crippen LogP) is 2.54. The number of hydrogen-bond donors (Lipinski definition) is 1. The van der Waals surface area contributed by atoms with Gasteiger partial charge in [-0.15, -0.1) is 0 Å². The van der Waals surface area contributed by atoms with Gasteiger partial charge in [0.25, 0.3) is 0 Å². The van der Waals surface area contributed by atoms with E-state index in [0.29, 0.717) is 6.04 Å². The van der Waals surface area contributed by atoms with Crippen molar-refractivity contribution in [2.45, 2.75) is 59.0 Å². The first kappa shape index (κ1) is 16.8. The maximum Gasteiger partial charge on any atom is 0.320 e. The standard InChI is InChI=1S/C17H32N2O2/c1-12(2)15-6-5-13(3)11-16(15)19-9-7-18(8-10-19)14(4)17(20)21/h12-16H,5-11H2,1-4H3,(H,20,21). The summed E-state index contributed by atoms with van der Waals surface area (Å²) in [6.45, 7) is 12.7. The lowest BCUT2D eigenvalue weighted by molar-refractivity contribution is -0.143. The molecule has 0 aromatic rings. The maximum atomic E-state index is 11.1. The van der Waals surface area contributed by atoms with Crippen LogP contribution in [0.1, 0.15) is 47.0 Å². The van der Waals surface area contributed by atoms with Crippen LogP contribution in [0.3, 0.4) is 0 Å². The third kappa shape index (κ3) is 3.98. The first-order valence-corrected chi connectivity index (χ1v) is 8.61. The van der Waals surface area contributed by atoms with Gasteiger partial charge in [-0.25, -0.2) is 0 Å². The van der Waals surface area contributed by atoms with Crippen molar-refractivity contribution in [1.82, 2.24) is 9.80 Å². The lowest BCUT2D eigenvalue weighted by Gasteiger charge is -2.47. The molecule has 4 unspecified atom stereocenters. The molecule has 0 radical (unpaired) electrons. The van der Waals surface area contributed by atoms with Gasteiger partial charge in [0.05, 0.1) is 0 Å². The van der Waals surface area contributed by atoms with Crippen molar-refractivity contribution in [3.05, 3.63) is 0 Å². The van der Waals surface area contributed by atoms with Crippen molar-refractivity contribution < 1.29 is 9.90 Å². The molecule has 1 aliphatic carbocycles. The smallest absolute Gasteiger partial charge is 0.320 e. The van der Waals surface area contributed by atoms with Crippen LogP contribution in [0, 0.1) is 17.8 Å². The highest BCUT2D eigenvalue weighted by Gasteiger charge is 2.36. The minimum absolute atomic E-state index is 0.349. The molecule has 1 saturated carbocycles. The summed E-state index contributed by atoms with van der Waals surface area (Å²) in [5.41, 5.74) is 0. The summed E-state index contributed by atoms with van der Waals surface area (Å²) in [4.78, 5) is 15.9. The Hall–Kier alpha value is -0.610. The summed E-state index contributed by atoms with van der Waals surface area (Å²) in [7, 11) is 0. The summed E-state index contributed by atoms with van der Waals surface area (Å²) >= 11 is 0. The summed E-state index contributed by atoms with van der Waals surface area (Å²) in [5, 5.41) is 9.14. The minimum Gasteiger partial charge on any atom is -0.480 e. The van der Waals surface area contributed by atoms with Crippen molar-refractivity contribution >= 4 is 5.97 Å². The molecule has 4 nitrogen and oxygen atoms in total. The second-order valence-electron chi connectivity index (χ2n) is 7.48. The van der Waals surface area contributed by atoms with E-state index in [4.69, 9.17) is 5.11 Å². The van der Waals surface area contributed by atoms with Crippen LogP contribution < -0.4 is 0 Å². The Balaban J connectivity index is 1.94. The van der Waals surface area contributed by atoms with E-state index in [1.807, 2.05) is 0 Å². The molecule has 2 aliphatic rings. The van der Waals surface area contributed by atoms with Crippen LogP contribution in [-0.2, 0) is 4.79 Å². The zero-order valence-corrected chi connectivity index (χ0v) is 14.1. The Morgan fingerprint density at radius 2 is 1.71 bits per heavy atom. The van der Waals surface area contributed by atoms with Gasteiger partial charge in [0.2, 0.25) is 0 Å². The predicted molar refractivity (Wildman–Crippen MR) is 85.4 cm³/mol. The van der Waals surface area contributed by atoms with Crippen LogP contribution in [0.2, 0.25) is 0 Å². The Labute approximate surface area is 129 Å². The molecule has 1 saturated heterocycles. The summed E-state index contributed by atoms with van der Waals surface area (Å²) in [5.74, 6) is 1.69. The van der Waals surface area contributed by atoms with E-state index in [1.165, 1.54) is 19.3 Å². The van der Waals surface area contributed by atoms with Crippen LogP contribution in [0.4, 0.5) is 0 Å². The maximum absolute atomic E-state index is 11.1. The fourth-order valence-corrected chi connectivity index (χ4v) is 4.18. The average molecular weight is 296 g/mol. The lowest BCUT2D eigenvalue weighted by Crippen LogP contribution is -2.56. The van der Waals surface area contributed by atoms with Crippen LogP contribution in [0.5, 0.6) is 0 Å². The number of rotatable bonds is 4. The van der Waals surface area contributed by atoms with Crippen molar-refractivity contribution in [3.63, 3.8) is 0 Å². The highest BCUT2D eigenvalue weighted by molar-refractivity contribution is 5.72. The molecule has 2 fully saturated rings. The van der Waals surface area contributed by atoms with E-state index < -0.39 is 5.97 Å². The molecule has 0 bridgehead atoms. The third-order valence-corrected chi connectivity index (χ3v) is 5.71. The number of piperazine rings is 1. The van der Waals surface area contributed by atoms with E-state index >= 15 is 0 Å². The largest absolute Gasteiger partial charge is 0.480 e.